The highest BCUT2D eigenvalue weighted by molar-refractivity contribution is 7.14. The minimum Gasteiger partial charge on any atom is -0.340 e. The normalized spacial score (nSPS) is 10.5. The molecule has 0 atom stereocenters. The summed E-state index contributed by atoms with van der Waals surface area (Å²) in [7, 11) is 1.72. The first kappa shape index (κ1) is 12.1. The second-order valence-corrected chi connectivity index (χ2v) is 4.80. The van der Waals surface area contributed by atoms with Crippen LogP contribution in [0, 0.1) is 0 Å². The lowest BCUT2D eigenvalue weighted by atomic mass is 10.5. The Kier molecular flexibility index (Phi) is 3.75. The molecule has 0 radical (unpaired) electrons. The third-order valence-corrected chi connectivity index (χ3v) is 3.38. The molecule has 0 unspecified atom stereocenters. The van der Waals surface area contributed by atoms with E-state index in [0.717, 1.165) is 10.0 Å². The molecular weight excluding hydrogens is 260 g/mol. The smallest absolute Gasteiger partial charge is 0.237 e. The van der Waals surface area contributed by atoms with Crippen LogP contribution in [0.25, 0.3) is 5.13 Å². The van der Waals surface area contributed by atoms with Crippen LogP contribution in [0.5, 0.6) is 0 Å². The van der Waals surface area contributed by atoms with Gasteiger partial charge in [0, 0.05) is 30.5 Å². The number of thiazole rings is 1. The molecule has 0 saturated heterocycles. The molecule has 0 saturated carbocycles. The minimum absolute atomic E-state index is 0.00131. The summed E-state index contributed by atoms with van der Waals surface area (Å²) in [5.41, 5.74) is 0. The Bertz CT molecular complexity index is 496. The molecule has 0 aliphatic carbocycles. The van der Waals surface area contributed by atoms with Gasteiger partial charge < -0.3 is 4.90 Å². The summed E-state index contributed by atoms with van der Waals surface area (Å²) in [6, 6.07) is 1.84. The van der Waals surface area contributed by atoms with Gasteiger partial charge in [0.15, 0.2) is 0 Å². The molecule has 17 heavy (non-hydrogen) atoms. The van der Waals surface area contributed by atoms with E-state index in [1.165, 1.54) is 11.3 Å². The largest absolute Gasteiger partial charge is 0.340 e. The van der Waals surface area contributed by atoms with Gasteiger partial charge in [-0.05, 0) is 6.07 Å². The van der Waals surface area contributed by atoms with Crippen molar-refractivity contribution in [2.45, 2.75) is 6.54 Å². The van der Waals surface area contributed by atoms with Crippen molar-refractivity contribution >= 4 is 28.8 Å². The van der Waals surface area contributed by atoms with E-state index in [1.54, 1.807) is 29.0 Å². The number of halogens is 1. The molecule has 5 nitrogen and oxygen atoms in total. The lowest BCUT2D eigenvalue weighted by Crippen LogP contribution is -2.26. The molecule has 90 valence electrons. The average molecular weight is 271 g/mol. The summed E-state index contributed by atoms with van der Waals surface area (Å²) >= 11 is 6.98. The number of hydrogen-bond acceptors (Lipinski definition) is 4. The van der Waals surface area contributed by atoms with Gasteiger partial charge >= 0.3 is 0 Å². The predicted molar refractivity (Wildman–Crippen MR) is 66.4 cm³/mol. The molecule has 0 bridgehead atoms. The monoisotopic (exact) mass is 270 g/mol. The molecule has 2 aromatic rings. The Labute approximate surface area is 108 Å². The first-order chi connectivity index (χ1) is 8.20. The van der Waals surface area contributed by atoms with Crippen LogP contribution in [0.2, 0.25) is 0 Å². The van der Waals surface area contributed by atoms with Crippen molar-refractivity contribution in [3.63, 3.8) is 0 Å². The lowest BCUT2D eigenvalue weighted by Gasteiger charge is -2.13. The molecule has 0 aliphatic heterocycles. The van der Waals surface area contributed by atoms with Gasteiger partial charge in [0.25, 0.3) is 0 Å². The molecule has 2 heterocycles. The Morgan fingerprint density at radius 2 is 2.47 bits per heavy atom. The summed E-state index contributed by atoms with van der Waals surface area (Å²) in [5.74, 6) is -0.0953. The molecule has 0 N–H and O–H groups in total. The van der Waals surface area contributed by atoms with E-state index in [-0.39, 0.29) is 11.8 Å². The summed E-state index contributed by atoms with van der Waals surface area (Å²) in [6.07, 6.45) is 5.28. The third-order valence-electron chi connectivity index (χ3n) is 2.17. The molecule has 7 heteroatoms. The van der Waals surface area contributed by atoms with Crippen LogP contribution < -0.4 is 0 Å². The zero-order chi connectivity index (χ0) is 12.3. The minimum atomic E-state index is -0.0966. The number of rotatable bonds is 4. The number of hydrogen-bond donors (Lipinski definition) is 0. The van der Waals surface area contributed by atoms with Crippen LogP contribution in [0.4, 0.5) is 0 Å². The van der Waals surface area contributed by atoms with Gasteiger partial charge in [-0.1, -0.05) is 11.3 Å². The maximum absolute atomic E-state index is 11.3. The van der Waals surface area contributed by atoms with E-state index in [1.807, 2.05) is 12.3 Å². The van der Waals surface area contributed by atoms with Crippen molar-refractivity contribution in [3.05, 3.63) is 29.5 Å². The fourth-order valence-corrected chi connectivity index (χ4v) is 2.39. The summed E-state index contributed by atoms with van der Waals surface area (Å²) < 4.78 is 1.69. The van der Waals surface area contributed by atoms with Gasteiger partial charge in [0.05, 0.1) is 6.54 Å². The lowest BCUT2D eigenvalue weighted by molar-refractivity contribution is -0.127. The zero-order valence-corrected chi connectivity index (χ0v) is 10.8. The van der Waals surface area contributed by atoms with Crippen LogP contribution in [-0.4, -0.2) is 38.5 Å². The van der Waals surface area contributed by atoms with Crippen LogP contribution in [-0.2, 0) is 11.3 Å². The van der Waals surface area contributed by atoms with Crippen molar-refractivity contribution in [3.8, 4) is 5.13 Å². The van der Waals surface area contributed by atoms with Crippen molar-refractivity contribution in [2.24, 2.45) is 0 Å². The number of alkyl halides is 1. The molecule has 0 fully saturated rings. The van der Waals surface area contributed by atoms with Gasteiger partial charge in [0.2, 0.25) is 11.0 Å². The topological polar surface area (TPSA) is 51.0 Å². The number of nitrogens with zero attached hydrogens (tertiary/aromatic N) is 4. The number of amides is 1. The summed E-state index contributed by atoms with van der Waals surface area (Å²) in [5, 5.41) is 4.88. The first-order valence-corrected chi connectivity index (χ1v) is 6.30. The average Bonchev–Trinajstić information content (AvgIpc) is 2.97. The highest BCUT2D eigenvalue weighted by Crippen LogP contribution is 2.17. The maximum Gasteiger partial charge on any atom is 0.237 e. The van der Waals surface area contributed by atoms with Crippen LogP contribution in [0.15, 0.2) is 24.7 Å². The maximum atomic E-state index is 11.3. The predicted octanol–water partition coefficient (Wildman–Crippen LogP) is 1.53. The first-order valence-electron chi connectivity index (χ1n) is 4.95. The van der Waals surface area contributed by atoms with Gasteiger partial charge in [-0.25, -0.2) is 9.67 Å². The highest BCUT2D eigenvalue weighted by atomic mass is 35.5. The van der Waals surface area contributed by atoms with Gasteiger partial charge in [-0.15, -0.1) is 11.6 Å². The van der Waals surface area contributed by atoms with Crippen LogP contribution in [0.3, 0.4) is 0 Å². The fraction of sp³-hybridized carbons (Fsp3) is 0.300. The standard InChI is InChI=1S/C10H11ClN4OS/c1-14(9(16)5-11)7-8-6-12-10(17-8)15-4-2-3-13-15/h2-4,6H,5,7H2,1H3. The van der Waals surface area contributed by atoms with Crippen molar-refractivity contribution in [1.29, 1.82) is 0 Å². The zero-order valence-electron chi connectivity index (χ0n) is 9.21. The number of carbonyl (C=O) groups excluding carboxylic acids is 1. The summed E-state index contributed by atoms with van der Waals surface area (Å²) in [4.78, 5) is 18.1. The van der Waals surface area contributed by atoms with Gasteiger partial charge in [-0.3, -0.25) is 4.79 Å². The highest BCUT2D eigenvalue weighted by Gasteiger charge is 2.10. The Balaban J connectivity index is 2.06. The fourth-order valence-electron chi connectivity index (χ4n) is 1.28. The van der Waals surface area contributed by atoms with Gasteiger partial charge in [-0.2, -0.15) is 5.10 Å². The summed E-state index contributed by atoms with van der Waals surface area (Å²) in [6.45, 7) is 0.518. The molecule has 0 aromatic carbocycles. The van der Waals surface area contributed by atoms with Gasteiger partial charge in [0.1, 0.15) is 5.88 Å². The Hall–Kier alpha value is -1.40. The molecule has 2 aromatic heterocycles. The SMILES string of the molecule is CN(Cc1cnc(-n2cccn2)s1)C(=O)CCl. The second kappa shape index (κ2) is 5.29. The van der Waals surface area contributed by atoms with Crippen LogP contribution in [0.1, 0.15) is 4.88 Å². The molecule has 0 aliphatic rings. The van der Waals surface area contributed by atoms with E-state index < -0.39 is 0 Å². The van der Waals surface area contributed by atoms with Crippen LogP contribution >= 0.6 is 22.9 Å². The molecule has 2 rings (SSSR count). The van der Waals surface area contributed by atoms with Crippen molar-refractivity contribution < 1.29 is 4.79 Å². The van der Waals surface area contributed by atoms with E-state index >= 15 is 0 Å². The van der Waals surface area contributed by atoms with Crippen molar-refractivity contribution in [1.82, 2.24) is 19.7 Å². The van der Waals surface area contributed by atoms with E-state index in [2.05, 4.69) is 10.1 Å². The number of aromatic nitrogens is 3. The second-order valence-electron chi connectivity index (χ2n) is 3.44. The number of carbonyl (C=O) groups is 1. The van der Waals surface area contributed by atoms with Crippen molar-refractivity contribution in [2.75, 3.05) is 12.9 Å². The van der Waals surface area contributed by atoms with E-state index in [9.17, 15) is 4.79 Å². The molecule has 0 spiro atoms. The third kappa shape index (κ3) is 2.83. The Morgan fingerprint density at radius 3 is 3.12 bits per heavy atom. The Morgan fingerprint density at radius 1 is 1.65 bits per heavy atom. The van der Waals surface area contributed by atoms with E-state index in [0.29, 0.717) is 6.54 Å². The van der Waals surface area contributed by atoms with E-state index in [4.69, 9.17) is 11.6 Å². The molecule has 1 amide bonds. The molecular formula is C10H11ClN4OS. The quantitative estimate of drug-likeness (QED) is 0.792.